The lowest BCUT2D eigenvalue weighted by atomic mass is 9.96. The predicted octanol–water partition coefficient (Wildman–Crippen LogP) is 8.02. The first-order valence-electron chi connectivity index (χ1n) is 12.0. The average Bonchev–Trinajstić information content (AvgIpc) is 3.28. The molecule has 0 unspecified atom stereocenters. The molecule has 0 aliphatic heterocycles. The average molecular weight is 464 g/mol. The number of nitrogens with zero attached hydrogens (tertiary/aromatic N) is 2. The molecule has 3 nitrogen and oxygen atoms in total. The summed E-state index contributed by atoms with van der Waals surface area (Å²) in [4.78, 5) is 4.91. The molecule has 1 heterocycles. The van der Waals surface area contributed by atoms with Crippen LogP contribution >= 0.6 is 0 Å². The van der Waals surface area contributed by atoms with E-state index < -0.39 is 0 Å². The molecule has 0 spiro atoms. The molecule has 0 bridgehead atoms. The zero-order valence-corrected chi connectivity index (χ0v) is 19.8. The van der Waals surface area contributed by atoms with Gasteiger partial charge in [-0.15, -0.1) is 0 Å². The van der Waals surface area contributed by atoms with Gasteiger partial charge in [0.05, 0.1) is 16.7 Å². The van der Waals surface area contributed by atoms with Crippen LogP contribution in [0.5, 0.6) is 0 Å². The maximum absolute atomic E-state index is 6.68. The largest absolute Gasteiger partial charge is 0.369 e. The van der Waals surface area contributed by atoms with Crippen LogP contribution in [0, 0.1) is 0 Å². The Kier molecular flexibility index (Phi) is 5.44. The third-order valence-electron chi connectivity index (χ3n) is 6.61. The minimum atomic E-state index is 0.423. The van der Waals surface area contributed by atoms with Gasteiger partial charge in [0, 0.05) is 16.3 Å². The molecule has 3 heteroatoms. The third-order valence-corrected chi connectivity index (χ3v) is 6.61. The normalized spacial score (nSPS) is 11.7. The number of benzene rings is 5. The predicted molar refractivity (Wildman–Crippen MR) is 153 cm³/mol. The van der Waals surface area contributed by atoms with E-state index in [2.05, 4.69) is 91.5 Å². The molecule has 6 rings (SSSR count). The molecule has 2 N–H and O–H groups in total. The van der Waals surface area contributed by atoms with Crippen molar-refractivity contribution in [3.63, 3.8) is 0 Å². The van der Waals surface area contributed by atoms with E-state index in [0.717, 1.165) is 44.2 Å². The molecule has 5 aromatic carbocycles. The monoisotopic (exact) mass is 463 g/mol. The minimum Gasteiger partial charge on any atom is -0.369 e. The van der Waals surface area contributed by atoms with Gasteiger partial charge in [0.2, 0.25) is 5.96 Å². The standard InChI is InChI=1S/C33H25N3/c1-23(24-19-21-26(22-20-24)25-11-3-2-4-12-25)27-13-5-8-16-30(27)35-33(34)36-31-17-9-6-14-28(31)29-15-7-10-18-32(29)36/h2-22H,1H2,(H2,34,35). The molecular weight excluding hydrogens is 438 g/mol. The summed E-state index contributed by atoms with van der Waals surface area (Å²) in [6.45, 7) is 4.41. The molecule has 0 saturated carbocycles. The molecule has 0 aliphatic rings. The van der Waals surface area contributed by atoms with Gasteiger partial charge in [0.1, 0.15) is 0 Å². The fourth-order valence-electron chi connectivity index (χ4n) is 4.82. The maximum atomic E-state index is 6.68. The summed E-state index contributed by atoms with van der Waals surface area (Å²) in [7, 11) is 0. The van der Waals surface area contributed by atoms with Crippen LogP contribution in [-0.4, -0.2) is 10.5 Å². The summed E-state index contributed by atoms with van der Waals surface area (Å²) in [5.74, 6) is 0.423. The van der Waals surface area contributed by atoms with Gasteiger partial charge in [-0.1, -0.05) is 116 Å². The van der Waals surface area contributed by atoms with Crippen LogP contribution in [0.4, 0.5) is 5.69 Å². The Morgan fingerprint density at radius 1 is 0.583 bits per heavy atom. The van der Waals surface area contributed by atoms with Gasteiger partial charge in [0.15, 0.2) is 0 Å². The van der Waals surface area contributed by atoms with Crippen LogP contribution in [0.3, 0.4) is 0 Å². The first kappa shape index (κ1) is 21.6. The highest BCUT2D eigenvalue weighted by molar-refractivity contribution is 6.13. The number of nitrogens with two attached hydrogens (primary N) is 1. The van der Waals surface area contributed by atoms with Crippen molar-refractivity contribution in [1.82, 2.24) is 4.57 Å². The third kappa shape index (κ3) is 3.77. The fourth-order valence-corrected chi connectivity index (χ4v) is 4.82. The molecule has 0 amide bonds. The fraction of sp³-hybridized carbons (Fsp3) is 0. The molecule has 0 atom stereocenters. The van der Waals surface area contributed by atoms with Crippen molar-refractivity contribution in [2.24, 2.45) is 10.7 Å². The van der Waals surface area contributed by atoms with Gasteiger partial charge in [0.25, 0.3) is 0 Å². The number of fused-ring (bicyclic) bond motifs is 3. The molecule has 0 radical (unpaired) electrons. The van der Waals surface area contributed by atoms with Gasteiger partial charge >= 0.3 is 0 Å². The van der Waals surface area contributed by atoms with E-state index in [1.165, 1.54) is 11.1 Å². The Hall–Kier alpha value is -4.89. The van der Waals surface area contributed by atoms with E-state index in [-0.39, 0.29) is 0 Å². The first-order valence-corrected chi connectivity index (χ1v) is 12.0. The Bertz CT molecular complexity index is 1690. The van der Waals surface area contributed by atoms with Crippen molar-refractivity contribution in [1.29, 1.82) is 0 Å². The zero-order chi connectivity index (χ0) is 24.5. The van der Waals surface area contributed by atoms with E-state index in [1.54, 1.807) is 0 Å². The maximum Gasteiger partial charge on any atom is 0.205 e. The summed E-state index contributed by atoms with van der Waals surface area (Å²) >= 11 is 0. The molecule has 0 saturated heterocycles. The van der Waals surface area contributed by atoms with E-state index in [0.29, 0.717) is 5.96 Å². The summed E-state index contributed by atoms with van der Waals surface area (Å²) in [5.41, 5.74) is 14.8. The molecule has 1 aromatic heterocycles. The second-order valence-corrected chi connectivity index (χ2v) is 8.78. The van der Waals surface area contributed by atoms with Crippen LogP contribution in [0.15, 0.2) is 139 Å². The highest BCUT2D eigenvalue weighted by atomic mass is 15.2. The van der Waals surface area contributed by atoms with Crippen LogP contribution in [0.2, 0.25) is 0 Å². The van der Waals surface area contributed by atoms with Gasteiger partial charge in [-0.25, -0.2) is 4.99 Å². The van der Waals surface area contributed by atoms with Crippen LogP contribution in [0.1, 0.15) is 11.1 Å². The van der Waals surface area contributed by atoms with Crippen LogP contribution < -0.4 is 5.73 Å². The summed E-state index contributed by atoms with van der Waals surface area (Å²) in [5, 5.41) is 2.31. The Labute approximate surface area is 210 Å². The lowest BCUT2D eigenvalue weighted by molar-refractivity contribution is 1.21. The van der Waals surface area contributed by atoms with E-state index >= 15 is 0 Å². The molecule has 0 aliphatic carbocycles. The number of aliphatic imine (C=N–C) groups is 1. The van der Waals surface area contributed by atoms with Crippen LogP contribution in [0.25, 0.3) is 38.5 Å². The number of aromatic nitrogens is 1. The lowest BCUT2D eigenvalue weighted by Crippen LogP contribution is -2.21. The molecule has 36 heavy (non-hydrogen) atoms. The Balaban J connectivity index is 1.40. The van der Waals surface area contributed by atoms with Crippen LogP contribution in [-0.2, 0) is 0 Å². The zero-order valence-electron chi connectivity index (χ0n) is 19.8. The van der Waals surface area contributed by atoms with Crippen molar-refractivity contribution in [3.8, 4) is 11.1 Å². The van der Waals surface area contributed by atoms with Gasteiger partial charge in [-0.3, -0.25) is 4.57 Å². The number of hydrogen-bond acceptors (Lipinski definition) is 1. The topological polar surface area (TPSA) is 43.3 Å². The number of hydrogen-bond donors (Lipinski definition) is 1. The summed E-state index contributed by atoms with van der Waals surface area (Å²) < 4.78 is 2.03. The second kappa shape index (κ2) is 9.05. The lowest BCUT2D eigenvalue weighted by Gasteiger charge is -2.12. The number of rotatable bonds is 4. The Morgan fingerprint density at radius 3 is 1.78 bits per heavy atom. The second-order valence-electron chi connectivity index (χ2n) is 8.78. The van der Waals surface area contributed by atoms with Crippen molar-refractivity contribution < 1.29 is 0 Å². The van der Waals surface area contributed by atoms with Gasteiger partial charge < -0.3 is 5.73 Å². The quantitative estimate of drug-likeness (QED) is 0.209. The smallest absolute Gasteiger partial charge is 0.205 e. The molecular formula is C33H25N3. The minimum absolute atomic E-state index is 0.423. The van der Waals surface area contributed by atoms with Gasteiger partial charge in [-0.05, 0) is 40.5 Å². The van der Waals surface area contributed by atoms with Crippen molar-refractivity contribution in [3.05, 3.63) is 145 Å². The van der Waals surface area contributed by atoms with Gasteiger partial charge in [-0.2, -0.15) is 0 Å². The summed E-state index contributed by atoms with van der Waals surface area (Å²) in [6.07, 6.45) is 0. The van der Waals surface area contributed by atoms with Crippen molar-refractivity contribution in [2.45, 2.75) is 0 Å². The molecule has 172 valence electrons. The highest BCUT2D eigenvalue weighted by Gasteiger charge is 2.14. The molecule has 0 fully saturated rings. The summed E-state index contributed by atoms with van der Waals surface area (Å²) in [6, 6.07) is 43.4. The SMILES string of the molecule is C=C(c1ccc(-c2ccccc2)cc1)c1ccccc1N=C(N)n1c2ccccc2c2ccccc21. The highest BCUT2D eigenvalue weighted by Crippen LogP contribution is 2.33. The van der Waals surface area contributed by atoms with E-state index in [1.807, 2.05) is 47.0 Å². The molecule has 6 aromatic rings. The van der Waals surface area contributed by atoms with E-state index in [9.17, 15) is 0 Å². The number of para-hydroxylation sites is 3. The van der Waals surface area contributed by atoms with Crippen molar-refractivity contribution >= 4 is 39.0 Å². The van der Waals surface area contributed by atoms with Crippen molar-refractivity contribution in [2.75, 3.05) is 0 Å². The Morgan fingerprint density at radius 2 is 1.11 bits per heavy atom. The van der Waals surface area contributed by atoms with E-state index in [4.69, 9.17) is 10.7 Å². The first-order chi connectivity index (χ1) is 17.7.